The van der Waals surface area contributed by atoms with Gasteiger partial charge in [-0.3, -0.25) is 4.98 Å². The third-order valence-electron chi connectivity index (χ3n) is 3.13. The van der Waals surface area contributed by atoms with Crippen molar-refractivity contribution in [2.24, 2.45) is 0 Å². The number of aromatic nitrogens is 2. The van der Waals surface area contributed by atoms with Gasteiger partial charge in [-0.15, -0.1) is 11.6 Å². The minimum absolute atomic E-state index is 0.212. The van der Waals surface area contributed by atoms with E-state index in [2.05, 4.69) is 15.3 Å². The zero-order chi connectivity index (χ0) is 11.4. The van der Waals surface area contributed by atoms with Crippen LogP contribution in [0.15, 0.2) is 12.4 Å². The van der Waals surface area contributed by atoms with Gasteiger partial charge in [0.15, 0.2) is 0 Å². The van der Waals surface area contributed by atoms with E-state index in [-0.39, 0.29) is 5.38 Å². The van der Waals surface area contributed by atoms with Crippen molar-refractivity contribution in [1.82, 2.24) is 9.97 Å². The smallest absolute Gasteiger partial charge is 0.147 e. The lowest BCUT2D eigenvalue weighted by atomic mass is 10.1. The van der Waals surface area contributed by atoms with Crippen molar-refractivity contribution < 1.29 is 0 Å². The summed E-state index contributed by atoms with van der Waals surface area (Å²) in [7, 11) is 0. The molecule has 0 aliphatic heterocycles. The van der Waals surface area contributed by atoms with Gasteiger partial charge in [-0.2, -0.15) is 0 Å². The molecular weight excluding hydrogens is 222 g/mol. The van der Waals surface area contributed by atoms with E-state index in [1.807, 2.05) is 6.92 Å². The summed E-state index contributed by atoms with van der Waals surface area (Å²) in [6.07, 6.45) is 9.44. The second-order valence-corrected chi connectivity index (χ2v) is 4.96. The largest absolute Gasteiger partial charge is 0.364 e. The van der Waals surface area contributed by atoms with Crippen molar-refractivity contribution in [2.75, 3.05) is 5.32 Å². The highest BCUT2D eigenvalue weighted by Gasteiger charge is 2.22. The fraction of sp³-hybridized carbons (Fsp3) is 0.667. The van der Waals surface area contributed by atoms with Crippen LogP contribution in [0.4, 0.5) is 5.82 Å². The van der Waals surface area contributed by atoms with E-state index >= 15 is 0 Å². The minimum atomic E-state index is 0.212. The maximum Gasteiger partial charge on any atom is 0.147 e. The summed E-state index contributed by atoms with van der Waals surface area (Å²) in [6.45, 7) is 1.97. The van der Waals surface area contributed by atoms with Gasteiger partial charge in [-0.05, 0) is 19.8 Å². The number of aryl methyl sites for hydroxylation is 1. The molecule has 1 heterocycles. The standard InChI is InChI=1S/C12H18ClN3/c1-9-12(15-8-7-14-9)16-11-6-4-2-3-5-10(11)13/h7-8,10-11H,2-6H2,1H3,(H,15,16). The Morgan fingerprint density at radius 1 is 1.19 bits per heavy atom. The highest BCUT2D eigenvalue weighted by Crippen LogP contribution is 2.25. The molecule has 1 aliphatic carbocycles. The minimum Gasteiger partial charge on any atom is -0.364 e. The molecule has 0 radical (unpaired) electrons. The van der Waals surface area contributed by atoms with Crippen LogP contribution in [0.3, 0.4) is 0 Å². The second kappa shape index (κ2) is 5.48. The lowest BCUT2D eigenvalue weighted by Gasteiger charge is -2.22. The summed E-state index contributed by atoms with van der Waals surface area (Å²) in [5.41, 5.74) is 0.940. The highest BCUT2D eigenvalue weighted by molar-refractivity contribution is 6.21. The Morgan fingerprint density at radius 2 is 1.94 bits per heavy atom. The van der Waals surface area contributed by atoms with Crippen LogP contribution < -0.4 is 5.32 Å². The molecule has 1 N–H and O–H groups in total. The molecule has 1 aromatic rings. The van der Waals surface area contributed by atoms with Crippen molar-refractivity contribution in [2.45, 2.75) is 50.4 Å². The normalized spacial score (nSPS) is 26.1. The molecule has 1 fully saturated rings. The first-order chi connectivity index (χ1) is 7.77. The van der Waals surface area contributed by atoms with E-state index < -0.39 is 0 Å². The summed E-state index contributed by atoms with van der Waals surface area (Å²) in [4.78, 5) is 8.53. The van der Waals surface area contributed by atoms with E-state index in [0.29, 0.717) is 6.04 Å². The highest BCUT2D eigenvalue weighted by atomic mass is 35.5. The summed E-state index contributed by atoms with van der Waals surface area (Å²) < 4.78 is 0. The monoisotopic (exact) mass is 239 g/mol. The molecule has 2 unspecified atom stereocenters. The van der Waals surface area contributed by atoms with Crippen LogP contribution in [0.2, 0.25) is 0 Å². The fourth-order valence-electron chi connectivity index (χ4n) is 2.15. The Bertz CT molecular complexity index is 343. The van der Waals surface area contributed by atoms with Crippen LogP contribution >= 0.6 is 11.6 Å². The number of nitrogens with zero attached hydrogens (tertiary/aromatic N) is 2. The molecule has 0 bridgehead atoms. The van der Waals surface area contributed by atoms with Crippen molar-refractivity contribution in [3.05, 3.63) is 18.1 Å². The van der Waals surface area contributed by atoms with Crippen molar-refractivity contribution >= 4 is 17.4 Å². The quantitative estimate of drug-likeness (QED) is 0.637. The maximum atomic E-state index is 6.38. The molecule has 4 heteroatoms. The molecule has 2 atom stereocenters. The van der Waals surface area contributed by atoms with Gasteiger partial charge in [0.05, 0.1) is 11.1 Å². The Hall–Kier alpha value is -0.830. The first-order valence-corrected chi connectivity index (χ1v) is 6.39. The fourth-order valence-corrected chi connectivity index (χ4v) is 2.49. The van der Waals surface area contributed by atoms with Crippen LogP contribution in [-0.2, 0) is 0 Å². The number of hydrogen-bond acceptors (Lipinski definition) is 3. The van der Waals surface area contributed by atoms with E-state index in [0.717, 1.165) is 24.4 Å². The Balaban J connectivity index is 2.05. The summed E-state index contributed by atoms with van der Waals surface area (Å²) in [5.74, 6) is 0.875. The van der Waals surface area contributed by atoms with Crippen LogP contribution in [0.25, 0.3) is 0 Å². The molecule has 0 spiro atoms. The van der Waals surface area contributed by atoms with E-state index in [9.17, 15) is 0 Å². The topological polar surface area (TPSA) is 37.8 Å². The van der Waals surface area contributed by atoms with Gasteiger partial charge < -0.3 is 5.32 Å². The van der Waals surface area contributed by atoms with Gasteiger partial charge in [-0.1, -0.05) is 19.3 Å². The zero-order valence-electron chi connectivity index (χ0n) is 9.62. The Morgan fingerprint density at radius 3 is 2.75 bits per heavy atom. The molecule has 1 aromatic heterocycles. The maximum absolute atomic E-state index is 6.38. The summed E-state index contributed by atoms with van der Waals surface area (Å²) >= 11 is 6.38. The van der Waals surface area contributed by atoms with Gasteiger partial charge in [0.1, 0.15) is 5.82 Å². The molecule has 1 saturated carbocycles. The molecular formula is C12H18ClN3. The van der Waals surface area contributed by atoms with Crippen molar-refractivity contribution in [3.63, 3.8) is 0 Å². The van der Waals surface area contributed by atoms with Crippen LogP contribution in [0.5, 0.6) is 0 Å². The predicted molar refractivity (Wildman–Crippen MR) is 66.9 cm³/mol. The number of alkyl halides is 1. The number of halogens is 1. The SMILES string of the molecule is Cc1nccnc1NC1CCCCCC1Cl. The third-order valence-corrected chi connectivity index (χ3v) is 3.66. The van der Waals surface area contributed by atoms with E-state index in [1.165, 1.54) is 19.3 Å². The molecule has 0 saturated heterocycles. The van der Waals surface area contributed by atoms with Crippen molar-refractivity contribution in [1.29, 1.82) is 0 Å². The lowest BCUT2D eigenvalue weighted by Crippen LogP contribution is -2.29. The Labute approximate surface area is 102 Å². The average molecular weight is 240 g/mol. The predicted octanol–water partition coefficient (Wildman–Crippen LogP) is 3.14. The first-order valence-electron chi connectivity index (χ1n) is 5.95. The summed E-state index contributed by atoms with van der Waals surface area (Å²) in [5, 5.41) is 3.65. The van der Waals surface area contributed by atoms with Crippen LogP contribution in [0, 0.1) is 6.92 Å². The number of anilines is 1. The number of nitrogens with one attached hydrogen (secondary N) is 1. The van der Waals surface area contributed by atoms with Gasteiger partial charge in [-0.25, -0.2) is 4.98 Å². The molecule has 1 aliphatic rings. The van der Waals surface area contributed by atoms with Gasteiger partial charge >= 0.3 is 0 Å². The zero-order valence-corrected chi connectivity index (χ0v) is 10.4. The van der Waals surface area contributed by atoms with Crippen molar-refractivity contribution in [3.8, 4) is 0 Å². The van der Waals surface area contributed by atoms with Gasteiger partial charge in [0.2, 0.25) is 0 Å². The molecule has 88 valence electrons. The lowest BCUT2D eigenvalue weighted by molar-refractivity contribution is 0.623. The molecule has 16 heavy (non-hydrogen) atoms. The number of hydrogen-bond donors (Lipinski definition) is 1. The Kier molecular flexibility index (Phi) is 3.99. The average Bonchev–Trinajstić information content (AvgIpc) is 2.48. The third kappa shape index (κ3) is 2.85. The number of rotatable bonds is 2. The van der Waals surface area contributed by atoms with Crippen LogP contribution in [0.1, 0.15) is 37.8 Å². The molecule has 2 rings (SSSR count). The van der Waals surface area contributed by atoms with E-state index in [4.69, 9.17) is 11.6 Å². The van der Waals surface area contributed by atoms with E-state index in [1.54, 1.807) is 12.4 Å². The second-order valence-electron chi connectivity index (χ2n) is 4.40. The molecule has 0 amide bonds. The first kappa shape index (κ1) is 11.6. The van der Waals surface area contributed by atoms with Gasteiger partial charge in [0, 0.05) is 18.4 Å². The van der Waals surface area contributed by atoms with Gasteiger partial charge in [0.25, 0.3) is 0 Å². The van der Waals surface area contributed by atoms with Crippen LogP contribution in [-0.4, -0.2) is 21.4 Å². The summed E-state index contributed by atoms with van der Waals surface area (Å²) in [6, 6.07) is 0.333. The molecule has 0 aromatic carbocycles. The molecule has 3 nitrogen and oxygen atoms in total.